The van der Waals surface area contributed by atoms with Crippen LogP contribution in [-0.4, -0.2) is 40.8 Å². The molecule has 0 aromatic carbocycles. The monoisotopic (exact) mass is 264 g/mol. The molecule has 0 aliphatic rings. The quantitative estimate of drug-likeness (QED) is 0.359. The molecule has 0 spiro atoms. The molecule has 3 heteroatoms. The number of ether oxygens (including phenoxy) is 2. The van der Waals surface area contributed by atoms with Gasteiger partial charge in [-0.25, -0.2) is 0 Å². The maximum atomic E-state index is 5.38. The SMILES string of the molecule is CC#CCCCC[Se]COCCOC. The average Bonchev–Trinajstić information content (AvgIpc) is 2.21. The second kappa shape index (κ2) is 13.0. The first-order valence-corrected chi connectivity index (χ1v) is 7.38. The predicted molar refractivity (Wildman–Crippen MR) is 60.6 cm³/mol. The van der Waals surface area contributed by atoms with E-state index in [1.165, 1.54) is 18.2 Å². The summed E-state index contributed by atoms with van der Waals surface area (Å²) in [5.41, 5.74) is 0.926. The van der Waals surface area contributed by atoms with Crippen molar-refractivity contribution in [2.24, 2.45) is 0 Å². The third kappa shape index (κ3) is 12.0. The second-order valence-corrected chi connectivity index (χ2v) is 5.02. The molecule has 0 aliphatic carbocycles. The first-order valence-electron chi connectivity index (χ1n) is 4.96. The molecule has 0 aliphatic heterocycles. The summed E-state index contributed by atoms with van der Waals surface area (Å²) in [6, 6.07) is 0. The Bertz CT molecular complexity index is 160. The van der Waals surface area contributed by atoms with Crippen LogP contribution >= 0.6 is 0 Å². The second-order valence-electron chi connectivity index (χ2n) is 2.81. The van der Waals surface area contributed by atoms with E-state index in [2.05, 4.69) is 11.8 Å². The van der Waals surface area contributed by atoms with Crippen LogP contribution in [0.15, 0.2) is 0 Å². The van der Waals surface area contributed by atoms with E-state index in [9.17, 15) is 0 Å². The molecule has 0 saturated heterocycles. The van der Waals surface area contributed by atoms with Gasteiger partial charge in [-0.15, -0.1) is 0 Å². The van der Waals surface area contributed by atoms with Gasteiger partial charge in [0.15, 0.2) is 0 Å². The molecular weight excluding hydrogens is 243 g/mol. The summed E-state index contributed by atoms with van der Waals surface area (Å²) < 4.78 is 10.3. The topological polar surface area (TPSA) is 18.5 Å². The van der Waals surface area contributed by atoms with Crippen LogP contribution in [-0.2, 0) is 9.47 Å². The summed E-state index contributed by atoms with van der Waals surface area (Å²) in [5.74, 6) is 5.99. The van der Waals surface area contributed by atoms with Crippen molar-refractivity contribution in [1.29, 1.82) is 0 Å². The van der Waals surface area contributed by atoms with Crippen molar-refractivity contribution < 1.29 is 9.47 Å². The van der Waals surface area contributed by atoms with E-state index in [-0.39, 0.29) is 0 Å². The third-order valence-corrected chi connectivity index (χ3v) is 3.53. The zero-order valence-corrected chi connectivity index (χ0v) is 10.9. The van der Waals surface area contributed by atoms with Crippen LogP contribution in [0.1, 0.15) is 26.2 Å². The van der Waals surface area contributed by atoms with E-state index in [1.807, 2.05) is 6.92 Å². The number of hydrogen-bond acceptors (Lipinski definition) is 2. The molecule has 0 aromatic heterocycles. The average molecular weight is 263 g/mol. The molecule has 0 rings (SSSR count). The first kappa shape index (κ1) is 14.0. The summed E-state index contributed by atoms with van der Waals surface area (Å²) >= 11 is 0.646. The third-order valence-electron chi connectivity index (χ3n) is 1.62. The van der Waals surface area contributed by atoms with Crippen molar-refractivity contribution in [2.75, 3.05) is 25.8 Å². The molecule has 0 atom stereocenters. The van der Waals surface area contributed by atoms with Gasteiger partial charge in [0.25, 0.3) is 0 Å². The van der Waals surface area contributed by atoms with E-state index in [4.69, 9.17) is 9.47 Å². The number of unbranched alkanes of at least 4 members (excludes halogenated alkanes) is 2. The van der Waals surface area contributed by atoms with Crippen molar-refractivity contribution in [2.45, 2.75) is 31.5 Å². The molecular formula is C11H20O2Se. The van der Waals surface area contributed by atoms with Crippen molar-refractivity contribution >= 4 is 15.0 Å². The summed E-state index contributed by atoms with van der Waals surface area (Å²) in [6.45, 7) is 3.34. The molecule has 0 fully saturated rings. The van der Waals surface area contributed by atoms with Gasteiger partial charge in [0, 0.05) is 0 Å². The normalized spacial score (nSPS) is 9.57. The first-order chi connectivity index (χ1) is 6.91. The molecule has 2 nitrogen and oxygen atoms in total. The molecule has 0 aromatic rings. The van der Waals surface area contributed by atoms with Crippen LogP contribution in [0.5, 0.6) is 0 Å². The Balaban J connectivity index is 2.87. The van der Waals surface area contributed by atoms with Gasteiger partial charge >= 0.3 is 93.6 Å². The molecule has 0 saturated carbocycles. The van der Waals surface area contributed by atoms with E-state index in [0.717, 1.165) is 18.5 Å². The van der Waals surface area contributed by atoms with E-state index in [1.54, 1.807) is 7.11 Å². The molecule has 0 amide bonds. The Labute approximate surface area is 93.9 Å². The van der Waals surface area contributed by atoms with E-state index in [0.29, 0.717) is 21.6 Å². The molecule has 0 bridgehead atoms. The Kier molecular flexibility index (Phi) is 13.0. The molecule has 0 N–H and O–H groups in total. The summed E-state index contributed by atoms with van der Waals surface area (Å²) in [4.78, 5) is 0. The van der Waals surface area contributed by atoms with Crippen LogP contribution < -0.4 is 0 Å². The van der Waals surface area contributed by atoms with Crippen LogP contribution in [0.3, 0.4) is 0 Å². The van der Waals surface area contributed by atoms with Gasteiger partial charge < -0.3 is 0 Å². The Morgan fingerprint density at radius 2 is 2.07 bits per heavy atom. The molecule has 0 unspecified atom stereocenters. The van der Waals surface area contributed by atoms with Gasteiger partial charge in [-0.3, -0.25) is 0 Å². The molecule has 0 heterocycles. The predicted octanol–water partition coefficient (Wildman–Crippen LogP) is 1.92. The van der Waals surface area contributed by atoms with Crippen molar-refractivity contribution in [3.63, 3.8) is 0 Å². The van der Waals surface area contributed by atoms with Gasteiger partial charge in [0.1, 0.15) is 0 Å². The Hall–Kier alpha value is -0.000519. The fraction of sp³-hybridized carbons (Fsp3) is 0.818. The number of hydrogen-bond donors (Lipinski definition) is 0. The fourth-order valence-corrected chi connectivity index (χ4v) is 2.46. The zero-order valence-electron chi connectivity index (χ0n) is 9.17. The number of rotatable bonds is 9. The van der Waals surface area contributed by atoms with Crippen molar-refractivity contribution in [1.82, 2.24) is 0 Å². The van der Waals surface area contributed by atoms with E-state index >= 15 is 0 Å². The summed E-state index contributed by atoms with van der Waals surface area (Å²) in [5, 5.41) is 1.31. The van der Waals surface area contributed by atoms with Gasteiger partial charge in [-0.2, -0.15) is 0 Å². The fourth-order valence-electron chi connectivity index (χ4n) is 0.862. The summed E-state index contributed by atoms with van der Waals surface area (Å²) in [7, 11) is 1.70. The Morgan fingerprint density at radius 1 is 1.21 bits per heavy atom. The molecule has 0 radical (unpaired) electrons. The molecule has 82 valence electrons. The van der Waals surface area contributed by atoms with Gasteiger partial charge in [-0.05, 0) is 0 Å². The zero-order chi connectivity index (χ0) is 10.5. The Morgan fingerprint density at radius 3 is 2.79 bits per heavy atom. The van der Waals surface area contributed by atoms with Gasteiger partial charge in [0.05, 0.1) is 0 Å². The maximum absolute atomic E-state index is 5.38. The minimum absolute atomic E-state index is 0.646. The van der Waals surface area contributed by atoms with Gasteiger partial charge in [0.2, 0.25) is 0 Å². The van der Waals surface area contributed by atoms with Crippen LogP contribution in [0.25, 0.3) is 0 Å². The van der Waals surface area contributed by atoms with Crippen LogP contribution in [0.4, 0.5) is 0 Å². The summed E-state index contributed by atoms with van der Waals surface area (Å²) in [6.07, 6.45) is 3.58. The standard InChI is InChI=1S/C11H20O2Se/c1-3-4-5-6-7-10-14-11-13-9-8-12-2/h5-11H2,1-2H3. The van der Waals surface area contributed by atoms with Gasteiger partial charge in [-0.1, -0.05) is 0 Å². The van der Waals surface area contributed by atoms with Crippen molar-refractivity contribution in [3.05, 3.63) is 0 Å². The number of methoxy groups -OCH3 is 1. The van der Waals surface area contributed by atoms with E-state index < -0.39 is 0 Å². The van der Waals surface area contributed by atoms with Crippen LogP contribution in [0, 0.1) is 11.8 Å². The molecule has 14 heavy (non-hydrogen) atoms. The van der Waals surface area contributed by atoms with Crippen molar-refractivity contribution in [3.8, 4) is 11.8 Å². The van der Waals surface area contributed by atoms with Crippen LogP contribution in [0.2, 0.25) is 5.32 Å². The minimum atomic E-state index is 0.646.